The van der Waals surface area contributed by atoms with Gasteiger partial charge in [0.25, 0.3) is 5.91 Å². The molecule has 3 heterocycles. The van der Waals surface area contributed by atoms with Crippen molar-refractivity contribution in [3.05, 3.63) is 36.4 Å². The van der Waals surface area contributed by atoms with E-state index in [1.54, 1.807) is 15.4 Å². The average molecular weight is 256 g/mol. The Bertz CT molecular complexity index is 785. The number of primary amides is 1. The Balaban J connectivity index is 2.21. The summed E-state index contributed by atoms with van der Waals surface area (Å²) in [5, 5.41) is 8.24. The Labute approximate surface area is 108 Å². The van der Waals surface area contributed by atoms with Gasteiger partial charge in [-0.15, -0.1) is 0 Å². The monoisotopic (exact) mass is 256 g/mol. The highest BCUT2D eigenvalue weighted by Gasteiger charge is 2.13. The number of carbonyl (C=O) groups is 1. The topological polar surface area (TPSA) is 104 Å². The molecule has 19 heavy (non-hydrogen) atoms. The van der Waals surface area contributed by atoms with Crippen molar-refractivity contribution in [1.82, 2.24) is 19.4 Å². The molecular weight excluding hydrogens is 244 g/mol. The van der Waals surface area contributed by atoms with Gasteiger partial charge in [-0.05, 0) is 6.07 Å². The first-order valence-electron chi connectivity index (χ1n) is 5.62. The van der Waals surface area contributed by atoms with E-state index in [-0.39, 0.29) is 5.56 Å². The van der Waals surface area contributed by atoms with Crippen LogP contribution in [0.25, 0.3) is 16.6 Å². The van der Waals surface area contributed by atoms with Crippen LogP contribution in [0.1, 0.15) is 10.4 Å². The van der Waals surface area contributed by atoms with E-state index in [1.165, 1.54) is 6.20 Å². The van der Waals surface area contributed by atoms with Crippen LogP contribution >= 0.6 is 0 Å². The summed E-state index contributed by atoms with van der Waals surface area (Å²) in [6.07, 6.45) is 6.84. The first-order chi connectivity index (χ1) is 9.06. The van der Waals surface area contributed by atoms with Crippen molar-refractivity contribution in [2.24, 2.45) is 12.8 Å². The van der Waals surface area contributed by atoms with Crippen LogP contribution in [0.2, 0.25) is 0 Å². The molecule has 3 aromatic heterocycles. The van der Waals surface area contributed by atoms with Gasteiger partial charge in [0.2, 0.25) is 0 Å². The van der Waals surface area contributed by atoms with Crippen molar-refractivity contribution in [3.63, 3.8) is 0 Å². The molecule has 0 aliphatic rings. The lowest BCUT2D eigenvalue weighted by molar-refractivity contribution is 0.100. The second-order valence-corrected chi connectivity index (χ2v) is 4.30. The summed E-state index contributed by atoms with van der Waals surface area (Å²) in [5.74, 6) is -0.586. The lowest BCUT2D eigenvalue weighted by Crippen LogP contribution is -2.15. The molecule has 0 atom stereocenters. The predicted molar refractivity (Wildman–Crippen MR) is 70.3 cm³/mol. The number of aryl methyl sites for hydroxylation is 1. The van der Waals surface area contributed by atoms with Crippen molar-refractivity contribution in [2.45, 2.75) is 0 Å². The third-order valence-electron chi connectivity index (χ3n) is 2.98. The van der Waals surface area contributed by atoms with Crippen molar-refractivity contribution in [2.75, 3.05) is 5.73 Å². The van der Waals surface area contributed by atoms with Gasteiger partial charge in [-0.2, -0.15) is 10.2 Å². The summed E-state index contributed by atoms with van der Waals surface area (Å²) in [4.78, 5) is 11.2. The predicted octanol–water partition coefficient (Wildman–Crippen LogP) is 0.416. The summed E-state index contributed by atoms with van der Waals surface area (Å²) in [5.41, 5.74) is 14.3. The number of carbonyl (C=O) groups excluding carboxylic acids is 1. The Morgan fingerprint density at radius 3 is 2.63 bits per heavy atom. The Kier molecular flexibility index (Phi) is 2.28. The van der Waals surface area contributed by atoms with Gasteiger partial charge in [0, 0.05) is 30.6 Å². The maximum absolute atomic E-state index is 11.2. The Hall–Kier alpha value is -2.83. The summed E-state index contributed by atoms with van der Waals surface area (Å²) < 4.78 is 3.33. The summed E-state index contributed by atoms with van der Waals surface area (Å²) in [7, 11) is 1.84. The molecule has 0 spiro atoms. The molecule has 0 fully saturated rings. The van der Waals surface area contributed by atoms with E-state index >= 15 is 0 Å². The number of hydrogen-bond donors (Lipinski definition) is 2. The number of nitrogen functional groups attached to an aromatic ring is 1. The highest BCUT2D eigenvalue weighted by molar-refractivity contribution is 6.01. The van der Waals surface area contributed by atoms with Crippen LogP contribution in [0.3, 0.4) is 0 Å². The minimum atomic E-state index is -0.586. The van der Waals surface area contributed by atoms with Gasteiger partial charge in [0.15, 0.2) is 0 Å². The first-order valence-corrected chi connectivity index (χ1v) is 5.62. The van der Waals surface area contributed by atoms with Crippen LogP contribution in [0.5, 0.6) is 0 Å². The minimum absolute atomic E-state index is 0.225. The molecule has 0 aliphatic carbocycles. The van der Waals surface area contributed by atoms with Gasteiger partial charge < -0.3 is 11.5 Å². The number of nitrogens with zero attached hydrogens (tertiary/aromatic N) is 4. The first kappa shape index (κ1) is 11.3. The lowest BCUT2D eigenvalue weighted by atomic mass is 10.2. The molecule has 0 bridgehead atoms. The lowest BCUT2D eigenvalue weighted by Gasteiger charge is -2.02. The third kappa shape index (κ3) is 1.71. The van der Waals surface area contributed by atoms with Gasteiger partial charge in [-0.3, -0.25) is 9.48 Å². The smallest absolute Gasteiger partial charge is 0.252 e. The summed E-state index contributed by atoms with van der Waals surface area (Å²) in [6.45, 7) is 0. The van der Waals surface area contributed by atoms with E-state index < -0.39 is 5.91 Å². The largest absolute Gasteiger partial charge is 0.396 e. The number of aromatic nitrogens is 4. The zero-order valence-corrected chi connectivity index (χ0v) is 10.2. The normalized spacial score (nSPS) is 11.0. The number of amides is 1. The fourth-order valence-electron chi connectivity index (χ4n) is 2.00. The van der Waals surface area contributed by atoms with Crippen LogP contribution in [0, 0.1) is 0 Å². The van der Waals surface area contributed by atoms with Gasteiger partial charge in [0.1, 0.15) is 0 Å². The van der Waals surface area contributed by atoms with Crippen molar-refractivity contribution in [1.29, 1.82) is 0 Å². The van der Waals surface area contributed by atoms with Crippen LogP contribution in [-0.2, 0) is 7.05 Å². The second kappa shape index (κ2) is 3.84. The van der Waals surface area contributed by atoms with Crippen LogP contribution in [0.4, 0.5) is 5.69 Å². The zero-order valence-electron chi connectivity index (χ0n) is 10.2. The molecule has 0 aromatic carbocycles. The van der Waals surface area contributed by atoms with E-state index in [1.807, 2.05) is 25.5 Å². The van der Waals surface area contributed by atoms with Crippen molar-refractivity contribution < 1.29 is 4.79 Å². The number of rotatable bonds is 2. The number of anilines is 1. The highest BCUT2D eigenvalue weighted by atomic mass is 16.1. The number of hydrogen-bond acceptors (Lipinski definition) is 4. The maximum Gasteiger partial charge on any atom is 0.252 e. The summed E-state index contributed by atoms with van der Waals surface area (Å²) >= 11 is 0. The number of fused-ring (bicyclic) bond motifs is 1. The Morgan fingerprint density at radius 2 is 2.00 bits per heavy atom. The van der Waals surface area contributed by atoms with E-state index in [0.29, 0.717) is 11.2 Å². The number of nitrogens with two attached hydrogens (primary N) is 2. The molecule has 0 radical (unpaired) electrons. The molecule has 1 amide bonds. The molecule has 0 saturated heterocycles. The van der Waals surface area contributed by atoms with E-state index in [2.05, 4.69) is 10.2 Å². The molecule has 0 aliphatic heterocycles. The zero-order chi connectivity index (χ0) is 13.6. The molecule has 0 saturated carbocycles. The van der Waals surface area contributed by atoms with Gasteiger partial charge >= 0.3 is 0 Å². The average Bonchev–Trinajstić information content (AvgIpc) is 2.95. The van der Waals surface area contributed by atoms with E-state index in [0.717, 1.165) is 11.1 Å². The molecule has 0 unspecified atom stereocenters. The SMILES string of the molecule is Cn1cc(-c2cc3c(N)c(C(N)=O)cnn3c2)cn1. The van der Waals surface area contributed by atoms with Crippen molar-refractivity contribution >= 4 is 17.1 Å². The second-order valence-electron chi connectivity index (χ2n) is 4.30. The third-order valence-corrected chi connectivity index (χ3v) is 2.98. The molecule has 7 nitrogen and oxygen atoms in total. The molecular formula is C12H12N6O. The van der Waals surface area contributed by atoms with Gasteiger partial charge in [0.05, 0.1) is 29.2 Å². The van der Waals surface area contributed by atoms with E-state index in [9.17, 15) is 4.79 Å². The molecule has 96 valence electrons. The van der Waals surface area contributed by atoms with Crippen LogP contribution < -0.4 is 11.5 Å². The standard InChI is InChI=1S/C12H12N6O/c1-17-5-8(3-15-17)7-2-10-11(13)9(12(14)19)4-16-18(10)6-7/h2-6H,13H2,1H3,(H2,14,19). The highest BCUT2D eigenvalue weighted by Crippen LogP contribution is 2.25. The molecule has 7 heteroatoms. The minimum Gasteiger partial charge on any atom is -0.396 e. The van der Waals surface area contributed by atoms with Gasteiger partial charge in [-0.25, -0.2) is 4.52 Å². The van der Waals surface area contributed by atoms with Crippen molar-refractivity contribution in [3.8, 4) is 11.1 Å². The fraction of sp³-hybridized carbons (Fsp3) is 0.0833. The quantitative estimate of drug-likeness (QED) is 0.693. The fourth-order valence-corrected chi connectivity index (χ4v) is 2.00. The summed E-state index contributed by atoms with van der Waals surface area (Å²) in [6, 6.07) is 1.85. The molecule has 4 N–H and O–H groups in total. The molecule has 3 aromatic rings. The molecule has 3 rings (SSSR count). The maximum atomic E-state index is 11.2. The van der Waals surface area contributed by atoms with E-state index in [4.69, 9.17) is 11.5 Å². The Morgan fingerprint density at radius 1 is 1.21 bits per heavy atom. The van der Waals surface area contributed by atoms with Gasteiger partial charge in [-0.1, -0.05) is 0 Å². The van der Waals surface area contributed by atoms with Crippen LogP contribution in [0.15, 0.2) is 30.9 Å². The van der Waals surface area contributed by atoms with Crippen LogP contribution in [-0.4, -0.2) is 25.3 Å².